The SMILES string of the molecule is FC(F)(F)Oc1ccc(-c2ccc(CC[C@H]3CC[C@H](C4CCCC4)CC3)cc2)cc1. The number of alkyl halides is 3. The molecule has 2 saturated carbocycles. The van der Waals surface area contributed by atoms with Crippen LogP contribution in [-0.4, -0.2) is 6.36 Å². The van der Waals surface area contributed by atoms with Crippen molar-refractivity contribution in [2.75, 3.05) is 0 Å². The number of halogens is 3. The first-order valence-corrected chi connectivity index (χ1v) is 11.4. The lowest BCUT2D eigenvalue weighted by atomic mass is 9.74. The van der Waals surface area contributed by atoms with Gasteiger partial charge in [0.05, 0.1) is 0 Å². The van der Waals surface area contributed by atoms with Gasteiger partial charge in [-0.2, -0.15) is 0 Å². The second kappa shape index (κ2) is 9.45. The molecule has 0 heterocycles. The standard InChI is InChI=1S/C26H31F3O/c27-26(28,29)30-25-17-15-24(16-18-25)23-13-9-20(10-14-23)6-5-19-7-11-22(12-8-19)21-3-1-2-4-21/h9-10,13-19,21-22H,1-8,11-12H2/t19-,22-. The lowest BCUT2D eigenvalue weighted by Gasteiger charge is -2.32. The number of hydrogen-bond acceptors (Lipinski definition) is 1. The molecule has 2 aliphatic rings. The molecule has 0 aromatic heterocycles. The Bertz CT molecular complexity index is 781. The molecule has 0 unspecified atom stereocenters. The zero-order valence-corrected chi connectivity index (χ0v) is 17.5. The maximum absolute atomic E-state index is 12.3. The molecule has 0 saturated heterocycles. The highest BCUT2D eigenvalue weighted by molar-refractivity contribution is 5.64. The van der Waals surface area contributed by atoms with Gasteiger partial charge >= 0.3 is 6.36 Å². The minimum atomic E-state index is -4.65. The fraction of sp³-hybridized carbons (Fsp3) is 0.538. The average molecular weight is 417 g/mol. The van der Waals surface area contributed by atoms with Crippen LogP contribution in [0.3, 0.4) is 0 Å². The Kier molecular flexibility index (Phi) is 6.70. The monoisotopic (exact) mass is 416 g/mol. The van der Waals surface area contributed by atoms with E-state index in [9.17, 15) is 13.2 Å². The highest BCUT2D eigenvalue weighted by Gasteiger charge is 2.31. The van der Waals surface area contributed by atoms with E-state index in [2.05, 4.69) is 29.0 Å². The van der Waals surface area contributed by atoms with Crippen LogP contribution in [0.15, 0.2) is 48.5 Å². The minimum Gasteiger partial charge on any atom is -0.406 e. The van der Waals surface area contributed by atoms with Crippen LogP contribution in [0.25, 0.3) is 11.1 Å². The van der Waals surface area contributed by atoms with Gasteiger partial charge in [-0.3, -0.25) is 0 Å². The third-order valence-corrected chi connectivity index (χ3v) is 7.17. The Morgan fingerprint density at radius 3 is 1.80 bits per heavy atom. The van der Waals surface area contributed by atoms with Crippen molar-refractivity contribution in [1.82, 2.24) is 0 Å². The molecule has 0 amide bonds. The average Bonchev–Trinajstić information content (AvgIpc) is 3.27. The summed E-state index contributed by atoms with van der Waals surface area (Å²) < 4.78 is 40.8. The predicted octanol–water partition coefficient (Wildman–Crippen LogP) is 8.18. The highest BCUT2D eigenvalue weighted by Crippen LogP contribution is 2.41. The van der Waals surface area contributed by atoms with Crippen molar-refractivity contribution in [3.8, 4) is 16.9 Å². The molecule has 0 spiro atoms. The van der Waals surface area contributed by atoms with Crippen LogP contribution >= 0.6 is 0 Å². The molecule has 0 radical (unpaired) electrons. The molecule has 1 nitrogen and oxygen atoms in total. The number of benzene rings is 2. The van der Waals surface area contributed by atoms with E-state index >= 15 is 0 Å². The summed E-state index contributed by atoms with van der Waals surface area (Å²) in [5.74, 6) is 2.69. The highest BCUT2D eigenvalue weighted by atomic mass is 19.4. The van der Waals surface area contributed by atoms with Crippen LogP contribution in [0.5, 0.6) is 5.75 Å². The van der Waals surface area contributed by atoms with Crippen molar-refractivity contribution in [3.05, 3.63) is 54.1 Å². The van der Waals surface area contributed by atoms with Crippen LogP contribution in [0.4, 0.5) is 13.2 Å². The van der Waals surface area contributed by atoms with Gasteiger partial charge in [-0.05, 0) is 72.3 Å². The van der Waals surface area contributed by atoms with E-state index < -0.39 is 6.36 Å². The molecule has 2 aliphatic carbocycles. The molecule has 4 rings (SSSR count). The molecule has 2 aromatic rings. The predicted molar refractivity (Wildman–Crippen MR) is 114 cm³/mol. The van der Waals surface area contributed by atoms with E-state index in [0.29, 0.717) is 0 Å². The molecule has 0 bridgehead atoms. The Hall–Kier alpha value is -1.97. The molecule has 2 aromatic carbocycles. The quantitative estimate of drug-likeness (QED) is 0.461. The largest absolute Gasteiger partial charge is 0.573 e. The Balaban J connectivity index is 1.25. The maximum atomic E-state index is 12.3. The number of hydrogen-bond donors (Lipinski definition) is 0. The third-order valence-electron chi connectivity index (χ3n) is 7.17. The van der Waals surface area contributed by atoms with Crippen molar-refractivity contribution in [3.63, 3.8) is 0 Å². The van der Waals surface area contributed by atoms with Crippen molar-refractivity contribution in [2.24, 2.45) is 17.8 Å². The van der Waals surface area contributed by atoms with E-state index in [4.69, 9.17) is 0 Å². The van der Waals surface area contributed by atoms with Crippen molar-refractivity contribution in [2.45, 2.75) is 70.6 Å². The summed E-state index contributed by atoms with van der Waals surface area (Å²) >= 11 is 0. The first kappa shape index (κ1) is 21.3. The first-order chi connectivity index (χ1) is 14.5. The van der Waals surface area contributed by atoms with Gasteiger partial charge in [0.1, 0.15) is 5.75 Å². The third kappa shape index (κ3) is 5.80. The van der Waals surface area contributed by atoms with Gasteiger partial charge in [-0.15, -0.1) is 13.2 Å². The minimum absolute atomic E-state index is 0.189. The number of rotatable bonds is 6. The Morgan fingerprint density at radius 1 is 0.700 bits per heavy atom. The van der Waals surface area contributed by atoms with E-state index in [1.54, 1.807) is 12.1 Å². The summed E-state index contributed by atoms with van der Waals surface area (Å²) in [6, 6.07) is 14.5. The van der Waals surface area contributed by atoms with Gasteiger partial charge in [0.15, 0.2) is 0 Å². The lowest BCUT2D eigenvalue weighted by molar-refractivity contribution is -0.274. The van der Waals surface area contributed by atoms with E-state index in [1.165, 1.54) is 75.5 Å². The van der Waals surface area contributed by atoms with Gasteiger partial charge in [0.25, 0.3) is 0 Å². The fourth-order valence-corrected chi connectivity index (χ4v) is 5.46. The zero-order chi connectivity index (χ0) is 21.0. The second-order valence-electron chi connectivity index (χ2n) is 9.13. The molecular formula is C26H31F3O. The molecular weight excluding hydrogens is 385 g/mol. The van der Waals surface area contributed by atoms with Crippen molar-refractivity contribution < 1.29 is 17.9 Å². The Labute approximate surface area is 177 Å². The fourth-order valence-electron chi connectivity index (χ4n) is 5.46. The summed E-state index contributed by atoms with van der Waals surface area (Å²) in [7, 11) is 0. The van der Waals surface area contributed by atoms with E-state index in [1.807, 2.05) is 0 Å². The molecule has 2 fully saturated rings. The van der Waals surface area contributed by atoms with Gasteiger partial charge in [-0.25, -0.2) is 0 Å². The molecule has 0 atom stereocenters. The first-order valence-electron chi connectivity index (χ1n) is 11.4. The van der Waals surface area contributed by atoms with E-state index in [0.717, 1.165) is 35.3 Å². The zero-order valence-electron chi connectivity index (χ0n) is 17.5. The lowest BCUT2D eigenvalue weighted by Crippen LogP contribution is -2.20. The van der Waals surface area contributed by atoms with Crippen molar-refractivity contribution in [1.29, 1.82) is 0 Å². The summed E-state index contributed by atoms with van der Waals surface area (Å²) in [5.41, 5.74) is 3.24. The van der Waals surface area contributed by atoms with Crippen LogP contribution in [-0.2, 0) is 6.42 Å². The topological polar surface area (TPSA) is 9.23 Å². The van der Waals surface area contributed by atoms with Gasteiger partial charge in [-0.1, -0.05) is 74.9 Å². The van der Waals surface area contributed by atoms with Crippen LogP contribution in [0, 0.1) is 17.8 Å². The number of aryl methyl sites for hydroxylation is 1. The molecule has 4 heteroatoms. The summed E-state index contributed by atoms with van der Waals surface area (Å²) in [6.07, 6.45) is 9.22. The molecule has 0 aliphatic heterocycles. The van der Waals surface area contributed by atoms with E-state index in [-0.39, 0.29) is 5.75 Å². The van der Waals surface area contributed by atoms with Crippen molar-refractivity contribution >= 4 is 0 Å². The molecule has 0 N–H and O–H groups in total. The van der Waals surface area contributed by atoms with Gasteiger partial charge in [0.2, 0.25) is 0 Å². The molecule has 30 heavy (non-hydrogen) atoms. The maximum Gasteiger partial charge on any atom is 0.573 e. The normalized spacial score (nSPS) is 22.9. The summed E-state index contributed by atoms with van der Waals surface area (Å²) in [6.45, 7) is 0. The van der Waals surface area contributed by atoms with Crippen LogP contribution < -0.4 is 4.74 Å². The molecule has 162 valence electrons. The van der Waals surface area contributed by atoms with Gasteiger partial charge < -0.3 is 4.74 Å². The smallest absolute Gasteiger partial charge is 0.406 e. The second-order valence-corrected chi connectivity index (χ2v) is 9.13. The number of ether oxygens (including phenoxy) is 1. The van der Waals surface area contributed by atoms with Crippen LogP contribution in [0.1, 0.15) is 63.4 Å². The van der Waals surface area contributed by atoms with Crippen LogP contribution in [0.2, 0.25) is 0 Å². The summed E-state index contributed by atoms with van der Waals surface area (Å²) in [5, 5.41) is 0. The van der Waals surface area contributed by atoms with Gasteiger partial charge in [0, 0.05) is 0 Å². The summed E-state index contributed by atoms with van der Waals surface area (Å²) in [4.78, 5) is 0. The Morgan fingerprint density at radius 2 is 1.23 bits per heavy atom.